The summed E-state index contributed by atoms with van der Waals surface area (Å²) in [6, 6.07) is 12.1. The van der Waals surface area contributed by atoms with E-state index in [1.54, 1.807) is 42.4 Å². The number of likely N-dealkylation sites (tertiary alicyclic amines) is 1. The van der Waals surface area contributed by atoms with Gasteiger partial charge in [0.15, 0.2) is 0 Å². The van der Waals surface area contributed by atoms with Gasteiger partial charge in [-0.15, -0.1) is 22.7 Å². The van der Waals surface area contributed by atoms with Crippen molar-refractivity contribution in [2.75, 3.05) is 84.3 Å². The van der Waals surface area contributed by atoms with E-state index in [9.17, 15) is 19.2 Å². The number of amides is 2. The minimum Gasteiger partial charge on any atom is -0.383 e. The van der Waals surface area contributed by atoms with Crippen LogP contribution in [0.5, 0.6) is 0 Å². The standard InChI is InChI=1S/C25H28N6O3S2.C24H26N6O2S2/c1-34-11-10-30-6-8-31(9-7-30)24(32)15-2-4-17-19(12-15)35-23-21(17)22(26-14-27-23)28-16-3-5-18-20(13-16)36-25(33)29-18;1-29(2)15-7-8-30(11-15)23(31)13-3-5-16-18(9-13)33-22-20(16)21(25-12-26-22)27-14-4-6-17-19(10-14)34-24(32)28-17/h3,5,13-15H,2,4,6-12H2,1H3,(H,29,33)(H,26,27,28);4,6,10,12-13,15H,3,5,7-9,11H2,1-2H3,(H,28,32)(H,25,26,27). The molecule has 0 radical (unpaired) electrons. The summed E-state index contributed by atoms with van der Waals surface area (Å²) in [5, 5.41) is 9.00. The first-order valence-electron chi connectivity index (χ1n) is 23.8. The molecule has 4 aliphatic rings. The third-order valence-electron chi connectivity index (χ3n) is 14.3. The monoisotopic (exact) mass is 1020 g/mol. The number of piperazine rings is 1. The molecule has 2 fully saturated rings. The van der Waals surface area contributed by atoms with Gasteiger partial charge in [-0.2, -0.15) is 0 Å². The minimum absolute atomic E-state index is 0.0271. The molecule has 8 heterocycles. The maximum atomic E-state index is 13.3. The first-order valence-corrected chi connectivity index (χ1v) is 27.1. The molecular weight excluding hydrogens is 965 g/mol. The number of thiophene rings is 2. The molecule has 21 heteroatoms. The zero-order chi connectivity index (χ0) is 48.0. The number of hydrogen-bond donors (Lipinski definition) is 4. The van der Waals surface area contributed by atoms with Gasteiger partial charge in [-0.1, -0.05) is 22.7 Å². The minimum atomic E-state index is -0.0597. The number of benzene rings is 2. The Hall–Kier alpha value is -5.68. The van der Waals surface area contributed by atoms with Crippen LogP contribution in [0.25, 0.3) is 40.9 Å². The highest BCUT2D eigenvalue weighted by molar-refractivity contribution is 7.19. The molecule has 2 aliphatic heterocycles. The Morgan fingerprint density at radius 1 is 0.700 bits per heavy atom. The number of likely N-dealkylation sites (N-methyl/N-ethyl adjacent to an activating group) is 1. The van der Waals surface area contributed by atoms with Gasteiger partial charge in [0.25, 0.3) is 0 Å². The van der Waals surface area contributed by atoms with Crippen molar-refractivity contribution in [1.29, 1.82) is 0 Å². The average molecular weight is 1020 g/mol. The first kappa shape index (κ1) is 46.7. The zero-order valence-electron chi connectivity index (χ0n) is 39.2. The van der Waals surface area contributed by atoms with E-state index in [4.69, 9.17) is 4.74 Å². The van der Waals surface area contributed by atoms with E-state index < -0.39 is 0 Å². The summed E-state index contributed by atoms with van der Waals surface area (Å²) in [5.41, 5.74) is 5.98. The number of ether oxygens (including phenoxy) is 1. The summed E-state index contributed by atoms with van der Waals surface area (Å²) in [5.74, 6) is 2.21. The van der Waals surface area contributed by atoms with Crippen molar-refractivity contribution in [1.82, 2.24) is 49.5 Å². The van der Waals surface area contributed by atoms with Crippen LogP contribution in [0.2, 0.25) is 0 Å². The number of H-pyrrole nitrogens is 2. The van der Waals surface area contributed by atoms with Crippen LogP contribution >= 0.6 is 45.3 Å². The topological polar surface area (TPSA) is 198 Å². The lowest BCUT2D eigenvalue weighted by molar-refractivity contribution is -0.137. The molecule has 17 nitrogen and oxygen atoms in total. The lowest BCUT2D eigenvalue weighted by Gasteiger charge is -2.37. The highest BCUT2D eigenvalue weighted by atomic mass is 32.1. The smallest absolute Gasteiger partial charge is 0.305 e. The maximum Gasteiger partial charge on any atom is 0.305 e. The fourth-order valence-electron chi connectivity index (χ4n) is 10.4. The Balaban J connectivity index is 0.000000153. The van der Waals surface area contributed by atoms with E-state index in [-0.39, 0.29) is 27.5 Å². The molecular formula is C49H54N12O5S4. The number of rotatable bonds is 10. The molecule has 2 aromatic carbocycles. The van der Waals surface area contributed by atoms with Gasteiger partial charge >= 0.3 is 9.75 Å². The van der Waals surface area contributed by atoms with Crippen molar-refractivity contribution in [3.63, 3.8) is 0 Å². The second-order valence-electron chi connectivity index (χ2n) is 18.7. The number of fused-ring (bicyclic) bond motifs is 8. The molecule has 2 aliphatic carbocycles. The van der Waals surface area contributed by atoms with E-state index >= 15 is 0 Å². The quantitative estimate of drug-likeness (QED) is 0.111. The summed E-state index contributed by atoms with van der Waals surface area (Å²) in [7, 11) is 5.91. The number of aryl methyl sites for hydroxylation is 2. The maximum absolute atomic E-state index is 13.3. The SMILES string of the molecule is CN(C)C1CCN(C(=O)C2CCc3c(sc4ncnc(Nc5ccc6[nH]c(=O)sc6c5)c34)C2)C1.COCCN1CCN(C(=O)C2CCc3c(sc4ncnc(Nc5ccc6[nH]c(=O)sc6c5)c34)C2)CC1. The molecule has 2 saturated heterocycles. The largest absolute Gasteiger partial charge is 0.383 e. The van der Waals surface area contributed by atoms with Gasteiger partial charge in [0.1, 0.15) is 34.0 Å². The zero-order valence-corrected chi connectivity index (χ0v) is 42.5. The fraction of sp³-hybridized carbons (Fsp3) is 0.429. The molecule has 12 rings (SSSR count). The van der Waals surface area contributed by atoms with Crippen molar-refractivity contribution in [2.24, 2.45) is 11.8 Å². The van der Waals surface area contributed by atoms with E-state index in [2.05, 4.69) is 69.3 Å². The van der Waals surface area contributed by atoms with Crippen LogP contribution < -0.4 is 20.4 Å². The fourth-order valence-corrected chi connectivity index (χ4v) is 14.5. The van der Waals surface area contributed by atoms with Crippen LogP contribution in [-0.4, -0.2) is 141 Å². The molecule has 8 aromatic rings. The lowest BCUT2D eigenvalue weighted by Crippen LogP contribution is -2.51. The summed E-state index contributed by atoms with van der Waals surface area (Å²) in [6.07, 6.45) is 9.19. The van der Waals surface area contributed by atoms with Gasteiger partial charge in [0, 0.05) is 91.9 Å². The first-order chi connectivity index (χ1) is 34.0. The Bertz CT molecular complexity index is 3370. The number of aromatic nitrogens is 6. The normalized spacial score (nSPS) is 19.5. The highest BCUT2D eigenvalue weighted by Gasteiger charge is 2.36. The van der Waals surface area contributed by atoms with Gasteiger partial charge in [-0.25, -0.2) is 19.9 Å². The van der Waals surface area contributed by atoms with Crippen molar-refractivity contribution >= 4 is 121 Å². The molecule has 70 heavy (non-hydrogen) atoms. The van der Waals surface area contributed by atoms with Gasteiger partial charge in [-0.05, 0) is 107 Å². The number of aromatic amines is 2. The van der Waals surface area contributed by atoms with Crippen molar-refractivity contribution in [2.45, 2.75) is 51.0 Å². The summed E-state index contributed by atoms with van der Waals surface area (Å²) in [4.78, 5) is 86.8. The van der Waals surface area contributed by atoms with Crippen LogP contribution in [0.15, 0.2) is 58.6 Å². The van der Waals surface area contributed by atoms with Crippen LogP contribution in [-0.2, 0) is 40.0 Å². The average Bonchev–Trinajstić information content (AvgIpc) is 4.21. The van der Waals surface area contributed by atoms with Crippen molar-refractivity contribution < 1.29 is 14.3 Å². The lowest BCUT2D eigenvalue weighted by atomic mass is 9.86. The van der Waals surface area contributed by atoms with E-state index in [0.29, 0.717) is 11.9 Å². The number of nitrogens with one attached hydrogen (secondary N) is 4. The number of methoxy groups -OCH3 is 1. The number of carbonyl (C=O) groups is 2. The van der Waals surface area contributed by atoms with Crippen LogP contribution in [0.4, 0.5) is 23.0 Å². The molecule has 364 valence electrons. The molecule has 0 saturated carbocycles. The Morgan fingerprint density at radius 2 is 1.23 bits per heavy atom. The number of nitrogens with zero attached hydrogens (tertiary/aromatic N) is 8. The third kappa shape index (κ3) is 9.47. The molecule has 2 amide bonds. The highest BCUT2D eigenvalue weighted by Crippen LogP contribution is 2.43. The van der Waals surface area contributed by atoms with Gasteiger partial charge < -0.3 is 40.0 Å². The predicted molar refractivity (Wildman–Crippen MR) is 281 cm³/mol. The van der Waals surface area contributed by atoms with E-state index in [0.717, 1.165) is 161 Å². The van der Waals surface area contributed by atoms with Crippen LogP contribution in [0.1, 0.15) is 40.1 Å². The van der Waals surface area contributed by atoms with Crippen LogP contribution in [0, 0.1) is 11.8 Å². The molecule has 3 atom stereocenters. The molecule has 0 spiro atoms. The number of hydrogen-bond acceptors (Lipinski definition) is 17. The van der Waals surface area contributed by atoms with Crippen molar-refractivity contribution in [3.05, 3.63) is 89.3 Å². The summed E-state index contributed by atoms with van der Waals surface area (Å²) >= 11 is 5.76. The van der Waals surface area contributed by atoms with Gasteiger partial charge in [0.05, 0.1) is 37.8 Å². The number of anilines is 4. The van der Waals surface area contributed by atoms with E-state index in [1.807, 2.05) is 41.3 Å². The molecule has 4 N–H and O–H groups in total. The summed E-state index contributed by atoms with van der Waals surface area (Å²) in [6.45, 7) is 6.74. The Labute approximate surface area is 418 Å². The second-order valence-corrected chi connectivity index (χ2v) is 22.9. The van der Waals surface area contributed by atoms with Crippen LogP contribution in [0.3, 0.4) is 0 Å². The number of carbonyl (C=O) groups excluding carboxylic acids is 2. The molecule has 6 aromatic heterocycles. The third-order valence-corrected chi connectivity index (χ3v) is 18.3. The van der Waals surface area contributed by atoms with Crippen molar-refractivity contribution in [3.8, 4) is 0 Å². The molecule has 0 bridgehead atoms. The Kier molecular flexibility index (Phi) is 13.2. The van der Waals surface area contributed by atoms with E-state index in [1.165, 1.54) is 43.6 Å². The second kappa shape index (κ2) is 19.8. The van der Waals surface area contributed by atoms with Gasteiger partial charge in [0.2, 0.25) is 11.8 Å². The summed E-state index contributed by atoms with van der Waals surface area (Å²) < 4.78 is 7.00. The number of thiazole rings is 2. The molecule has 3 unspecified atom stereocenters. The predicted octanol–water partition coefficient (Wildman–Crippen LogP) is 6.84. The van der Waals surface area contributed by atoms with Gasteiger partial charge in [-0.3, -0.25) is 24.1 Å². The Morgan fingerprint density at radius 3 is 1.73 bits per heavy atom.